The van der Waals surface area contributed by atoms with Gasteiger partial charge in [0.2, 0.25) is 5.91 Å². The summed E-state index contributed by atoms with van der Waals surface area (Å²) in [5.74, 6) is -1.02. The third kappa shape index (κ3) is 1.96. The van der Waals surface area contributed by atoms with Crippen LogP contribution in [-0.4, -0.2) is 35.0 Å². The molecule has 4 nitrogen and oxygen atoms in total. The van der Waals surface area contributed by atoms with Gasteiger partial charge >= 0.3 is 5.97 Å². The van der Waals surface area contributed by atoms with Crippen molar-refractivity contribution in [2.45, 2.75) is 57.8 Å². The molecule has 1 saturated heterocycles. The van der Waals surface area contributed by atoms with Gasteiger partial charge in [0.15, 0.2) is 0 Å². The van der Waals surface area contributed by atoms with Crippen molar-refractivity contribution in [1.82, 2.24) is 4.90 Å². The molecule has 2 saturated carbocycles. The highest BCUT2D eigenvalue weighted by atomic mass is 16.4. The fourth-order valence-electron chi connectivity index (χ4n) is 4.16. The smallest absolute Gasteiger partial charge is 0.319 e. The predicted molar refractivity (Wildman–Crippen MR) is 70.6 cm³/mol. The van der Waals surface area contributed by atoms with Gasteiger partial charge in [0, 0.05) is 13.1 Å². The Balaban J connectivity index is 1.65. The Hall–Kier alpha value is -1.06. The van der Waals surface area contributed by atoms with Crippen LogP contribution < -0.4 is 0 Å². The molecular weight excluding hydrogens is 242 g/mol. The van der Waals surface area contributed by atoms with E-state index in [-0.39, 0.29) is 5.91 Å². The van der Waals surface area contributed by atoms with Gasteiger partial charge in [-0.2, -0.15) is 0 Å². The molecule has 0 unspecified atom stereocenters. The van der Waals surface area contributed by atoms with Crippen molar-refractivity contribution in [1.29, 1.82) is 0 Å². The first-order valence-electron chi connectivity index (χ1n) is 7.61. The van der Waals surface area contributed by atoms with E-state index in [1.165, 1.54) is 25.7 Å². The molecule has 1 aliphatic heterocycles. The van der Waals surface area contributed by atoms with Crippen LogP contribution in [0.2, 0.25) is 0 Å². The van der Waals surface area contributed by atoms with Crippen LogP contribution in [0.15, 0.2) is 0 Å². The average molecular weight is 265 g/mol. The van der Waals surface area contributed by atoms with E-state index < -0.39 is 11.4 Å². The zero-order valence-corrected chi connectivity index (χ0v) is 11.5. The molecule has 19 heavy (non-hydrogen) atoms. The number of carboxylic acids is 1. The summed E-state index contributed by atoms with van der Waals surface area (Å²) >= 11 is 0. The summed E-state index contributed by atoms with van der Waals surface area (Å²) in [5.41, 5.74) is -0.590. The standard InChI is InChI=1S/C15H23NO3/c17-12(15(13(18)19)6-3-7-15)16-10-8-14(9-11-16)4-1-2-5-14/h1-11H2,(H,18,19). The van der Waals surface area contributed by atoms with Gasteiger partial charge in [-0.05, 0) is 43.9 Å². The van der Waals surface area contributed by atoms with Crippen molar-refractivity contribution in [2.24, 2.45) is 10.8 Å². The molecule has 0 radical (unpaired) electrons. The molecule has 1 N–H and O–H groups in total. The van der Waals surface area contributed by atoms with Gasteiger partial charge in [-0.15, -0.1) is 0 Å². The van der Waals surface area contributed by atoms with Crippen molar-refractivity contribution in [3.8, 4) is 0 Å². The fourth-order valence-corrected chi connectivity index (χ4v) is 4.16. The first-order chi connectivity index (χ1) is 9.08. The Morgan fingerprint density at radius 2 is 1.42 bits per heavy atom. The Bertz CT molecular complexity index is 384. The molecule has 4 heteroatoms. The lowest BCUT2D eigenvalue weighted by Crippen LogP contribution is -2.55. The minimum absolute atomic E-state index is 0.112. The quantitative estimate of drug-likeness (QED) is 0.780. The maximum absolute atomic E-state index is 12.5. The van der Waals surface area contributed by atoms with Crippen LogP contribution in [0.25, 0.3) is 0 Å². The lowest BCUT2D eigenvalue weighted by molar-refractivity contribution is -0.168. The molecule has 1 spiro atoms. The summed E-state index contributed by atoms with van der Waals surface area (Å²) in [6, 6.07) is 0. The number of carbonyl (C=O) groups excluding carboxylic acids is 1. The summed E-state index contributed by atoms with van der Waals surface area (Å²) in [5, 5.41) is 9.34. The predicted octanol–water partition coefficient (Wildman–Crippen LogP) is 2.42. The summed E-state index contributed by atoms with van der Waals surface area (Å²) < 4.78 is 0. The third-order valence-electron chi connectivity index (χ3n) is 5.80. The number of carboxylic acid groups (broad SMARTS) is 1. The van der Waals surface area contributed by atoms with Crippen LogP contribution in [0.3, 0.4) is 0 Å². The highest BCUT2D eigenvalue weighted by Crippen LogP contribution is 2.48. The zero-order chi connectivity index (χ0) is 13.5. The van der Waals surface area contributed by atoms with Crippen LogP contribution in [0.4, 0.5) is 0 Å². The van der Waals surface area contributed by atoms with E-state index in [0.717, 1.165) is 32.4 Å². The van der Waals surface area contributed by atoms with Crippen LogP contribution >= 0.6 is 0 Å². The van der Waals surface area contributed by atoms with Gasteiger partial charge in [0.1, 0.15) is 5.41 Å². The minimum Gasteiger partial charge on any atom is -0.480 e. The average Bonchev–Trinajstić information content (AvgIpc) is 2.76. The van der Waals surface area contributed by atoms with Gasteiger partial charge in [-0.1, -0.05) is 19.3 Å². The second kappa shape index (κ2) is 4.50. The van der Waals surface area contributed by atoms with E-state index in [9.17, 15) is 14.7 Å². The van der Waals surface area contributed by atoms with E-state index >= 15 is 0 Å². The number of carbonyl (C=O) groups is 2. The third-order valence-corrected chi connectivity index (χ3v) is 5.80. The molecule has 1 heterocycles. The van der Waals surface area contributed by atoms with Crippen LogP contribution in [0.1, 0.15) is 57.8 Å². The number of amides is 1. The van der Waals surface area contributed by atoms with Gasteiger partial charge in [0.05, 0.1) is 0 Å². The maximum atomic E-state index is 12.5. The summed E-state index contributed by atoms with van der Waals surface area (Å²) in [6.07, 6.45) is 9.35. The number of hydrogen-bond acceptors (Lipinski definition) is 2. The fraction of sp³-hybridized carbons (Fsp3) is 0.867. The van der Waals surface area contributed by atoms with Crippen LogP contribution in [0, 0.1) is 10.8 Å². The number of aliphatic carboxylic acids is 1. The van der Waals surface area contributed by atoms with Crippen molar-refractivity contribution in [2.75, 3.05) is 13.1 Å². The summed E-state index contributed by atoms with van der Waals surface area (Å²) in [7, 11) is 0. The van der Waals surface area contributed by atoms with Crippen molar-refractivity contribution in [3.63, 3.8) is 0 Å². The summed E-state index contributed by atoms with van der Waals surface area (Å²) in [6.45, 7) is 1.54. The molecular formula is C15H23NO3. The Labute approximate surface area is 114 Å². The van der Waals surface area contributed by atoms with E-state index in [1.54, 1.807) is 0 Å². The Morgan fingerprint density at radius 3 is 1.84 bits per heavy atom. The van der Waals surface area contributed by atoms with Crippen molar-refractivity contribution in [3.05, 3.63) is 0 Å². The molecule has 3 rings (SSSR count). The number of piperidine rings is 1. The molecule has 3 aliphatic rings. The minimum atomic E-state index is -1.07. The zero-order valence-electron chi connectivity index (χ0n) is 11.5. The molecule has 0 aromatic rings. The highest BCUT2D eigenvalue weighted by molar-refractivity contribution is 6.02. The topological polar surface area (TPSA) is 57.6 Å². The SMILES string of the molecule is O=C(O)C1(C(=O)N2CCC3(CCCC3)CC2)CCC1. The largest absolute Gasteiger partial charge is 0.480 e. The summed E-state index contributed by atoms with van der Waals surface area (Å²) in [4.78, 5) is 25.7. The van der Waals surface area contributed by atoms with Gasteiger partial charge in [-0.3, -0.25) is 9.59 Å². The molecule has 0 atom stereocenters. The van der Waals surface area contributed by atoms with Crippen LogP contribution in [-0.2, 0) is 9.59 Å². The molecule has 0 aromatic carbocycles. The van der Waals surface area contributed by atoms with E-state index in [2.05, 4.69) is 0 Å². The number of rotatable bonds is 2. The molecule has 0 aromatic heterocycles. The van der Waals surface area contributed by atoms with Crippen molar-refractivity contribution >= 4 is 11.9 Å². The highest BCUT2D eigenvalue weighted by Gasteiger charge is 2.53. The number of hydrogen-bond donors (Lipinski definition) is 1. The van der Waals surface area contributed by atoms with Gasteiger partial charge in [0.25, 0.3) is 0 Å². The maximum Gasteiger partial charge on any atom is 0.319 e. The molecule has 106 valence electrons. The number of likely N-dealkylation sites (tertiary alicyclic amines) is 1. The van der Waals surface area contributed by atoms with Crippen molar-refractivity contribution < 1.29 is 14.7 Å². The molecule has 1 amide bonds. The normalized spacial score (nSPS) is 28.1. The van der Waals surface area contributed by atoms with Gasteiger partial charge in [-0.25, -0.2) is 0 Å². The van der Waals surface area contributed by atoms with E-state index in [4.69, 9.17) is 0 Å². The first-order valence-corrected chi connectivity index (χ1v) is 7.61. The van der Waals surface area contributed by atoms with Crippen LogP contribution in [0.5, 0.6) is 0 Å². The lowest BCUT2D eigenvalue weighted by Gasteiger charge is -2.45. The first kappa shape index (κ1) is 12.9. The Kier molecular flexibility index (Phi) is 3.06. The second-order valence-corrected chi connectivity index (χ2v) is 6.74. The van der Waals surface area contributed by atoms with Gasteiger partial charge < -0.3 is 10.0 Å². The number of nitrogens with zero attached hydrogens (tertiary/aromatic N) is 1. The molecule has 3 fully saturated rings. The lowest BCUT2D eigenvalue weighted by atomic mass is 9.67. The monoisotopic (exact) mass is 265 g/mol. The molecule has 2 aliphatic carbocycles. The van der Waals surface area contributed by atoms with E-state index in [0.29, 0.717) is 18.3 Å². The molecule has 0 bridgehead atoms. The van der Waals surface area contributed by atoms with E-state index in [1.807, 2.05) is 4.90 Å². The second-order valence-electron chi connectivity index (χ2n) is 6.74. The Morgan fingerprint density at radius 1 is 0.842 bits per heavy atom.